The van der Waals surface area contributed by atoms with Crippen molar-refractivity contribution in [3.8, 4) is 17.2 Å². The fourth-order valence-corrected chi connectivity index (χ4v) is 4.67. The number of esters is 1. The number of hydrogen-bond donors (Lipinski definition) is 6. The Labute approximate surface area is 216 Å². The number of ether oxygens (including phenoxy) is 3. The number of phenols is 1. The summed E-state index contributed by atoms with van der Waals surface area (Å²) in [5, 5.41) is 60.9. The molecule has 0 aromatic heterocycles. The molecule has 0 amide bonds. The van der Waals surface area contributed by atoms with Crippen molar-refractivity contribution in [3.05, 3.63) is 51.6 Å². The van der Waals surface area contributed by atoms with Gasteiger partial charge in [0.25, 0.3) is 0 Å². The molecule has 0 spiro atoms. The number of carbonyl (C=O) groups excluding carboxylic acids is 3. The van der Waals surface area contributed by atoms with Gasteiger partial charge in [0.1, 0.15) is 35.6 Å². The van der Waals surface area contributed by atoms with Crippen LogP contribution in [0, 0.1) is 0 Å². The second kappa shape index (κ2) is 10.8. The molecule has 1 fully saturated rings. The summed E-state index contributed by atoms with van der Waals surface area (Å²) in [6, 6.07) is 3.62. The number of fused-ring (bicyclic) bond motifs is 2. The van der Waals surface area contributed by atoms with Gasteiger partial charge in [0.15, 0.2) is 11.6 Å². The summed E-state index contributed by atoms with van der Waals surface area (Å²) in [6.07, 6.45) is -6.99. The average molecular weight is 532 g/mol. The van der Waals surface area contributed by atoms with Gasteiger partial charge in [-0.25, -0.2) is 0 Å². The molecule has 12 nitrogen and oxygen atoms in total. The molecular weight excluding hydrogens is 504 g/mol. The molecular formula is C26H28O12. The van der Waals surface area contributed by atoms with Gasteiger partial charge in [0.05, 0.1) is 18.3 Å². The minimum absolute atomic E-state index is 0.00106. The van der Waals surface area contributed by atoms with Crippen molar-refractivity contribution < 1.29 is 59.2 Å². The second-order valence-corrected chi connectivity index (χ2v) is 9.17. The summed E-state index contributed by atoms with van der Waals surface area (Å²) in [6.45, 7) is 1.66. The first-order chi connectivity index (χ1) is 18.0. The average Bonchev–Trinajstić information content (AvgIpc) is 2.87. The molecule has 4 rings (SSSR count). The van der Waals surface area contributed by atoms with E-state index in [0.717, 1.165) is 6.92 Å². The van der Waals surface area contributed by atoms with Crippen molar-refractivity contribution in [1.82, 2.24) is 0 Å². The van der Waals surface area contributed by atoms with E-state index >= 15 is 0 Å². The van der Waals surface area contributed by atoms with Crippen molar-refractivity contribution >= 4 is 17.5 Å². The Kier molecular flexibility index (Phi) is 7.83. The van der Waals surface area contributed by atoms with Gasteiger partial charge in [-0.1, -0.05) is 0 Å². The number of carbonyl (C=O) groups is 3. The fourth-order valence-electron chi connectivity index (χ4n) is 4.67. The SMILES string of the molecule is CC(=O)Oc1cc(CO)c2c(c1)C(=O)c1cc(O[C@H]3O[C@@H](C)[C@@H](O)[C@@H](O)[C@H]3O)c(CCCO)c(O)c1C2=O. The van der Waals surface area contributed by atoms with Crippen LogP contribution < -0.4 is 9.47 Å². The molecule has 0 unspecified atom stereocenters. The molecule has 0 bridgehead atoms. The smallest absolute Gasteiger partial charge is 0.308 e. The summed E-state index contributed by atoms with van der Waals surface area (Å²) in [5.74, 6) is -2.99. The summed E-state index contributed by atoms with van der Waals surface area (Å²) >= 11 is 0. The number of aliphatic hydroxyl groups excluding tert-OH is 5. The summed E-state index contributed by atoms with van der Waals surface area (Å²) < 4.78 is 16.3. The van der Waals surface area contributed by atoms with Gasteiger partial charge in [-0.3, -0.25) is 14.4 Å². The molecule has 1 aliphatic carbocycles. The van der Waals surface area contributed by atoms with E-state index in [2.05, 4.69) is 0 Å². The standard InChI is InChI=1S/C26H28O12/c1-10-20(30)24(34)25(35)26(36-10)38-17-8-16-19(22(32)14(17)4-3-5-27)23(33)18-12(9-28)6-13(37-11(2)29)7-15(18)21(16)31/h6-8,10,20,24-28,30,32,34-35H,3-5,9H2,1-2H3/t10-,20+,24+,25+,26+/m0/s1. The summed E-state index contributed by atoms with van der Waals surface area (Å²) in [4.78, 5) is 38.6. The lowest BCUT2D eigenvalue weighted by Crippen LogP contribution is -2.58. The maximum atomic E-state index is 13.6. The number of aromatic hydroxyl groups is 1. The van der Waals surface area contributed by atoms with E-state index in [1.807, 2.05) is 0 Å². The second-order valence-electron chi connectivity index (χ2n) is 9.17. The Morgan fingerprint density at radius 2 is 1.66 bits per heavy atom. The molecule has 0 saturated carbocycles. The normalized spacial score (nSPS) is 24.6. The first-order valence-electron chi connectivity index (χ1n) is 11.9. The van der Waals surface area contributed by atoms with Gasteiger partial charge in [-0.15, -0.1) is 0 Å². The Morgan fingerprint density at radius 1 is 0.974 bits per heavy atom. The third kappa shape index (κ3) is 4.77. The van der Waals surface area contributed by atoms with Gasteiger partial charge >= 0.3 is 5.97 Å². The van der Waals surface area contributed by atoms with E-state index in [9.17, 15) is 45.0 Å². The molecule has 6 N–H and O–H groups in total. The first kappa shape index (κ1) is 27.6. The van der Waals surface area contributed by atoms with Crippen LogP contribution in [-0.4, -0.2) is 85.5 Å². The van der Waals surface area contributed by atoms with E-state index in [4.69, 9.17) is 14.2 Å². The summed E-state index contributed by atoms with van der Waals surface area (Å²) in [5.41, 5.74) is -0.875. The molecule has 12 heteroatoms. The minimum Gasteiger partial charge on any atom is -0.507 e. The van der Waals surface area contributed by atoms with Crippen molar-refractivity contribution in [1.29, 1.82) is 0 Å². The number of benzene rings is 2. The molecule has 38 heavy (non-hydrogen) atoms. The molecule has 1 heterocycles. The highest BCUT2D eigenvalue weighted by Gasteiger charge is 2.44. The van der Waals surface area contributed by atoms with E-state index in [1.54, 1.807) is 0 Å². The van der Waals surface area contributed by atoms with Gasteiger partial charge < -0.3 is 44.8 Å². The highest BCUT2D eigenvalue weighted by Crippen LogP contribution is 2.43. The molecule has 2 aromatic carbocycles. The third-order valence-electron chi connectivity index (χ3n) is 6.57. The van der Waals surface area contributed by atoms with Gasteiger partial charge in [0, 0.05) is 35.8 Å². The van der Waals surface area contributed by atoms with Gasteiger partial charge in [0.2, 0.25) is 6.29 Å². The number of phenolic OH excluding ortho intramolecular Hbond substituents is 1. The molecule has 0 radical (unpaired) electrons. The molecule has 1 aliphatic heterocycles. The highest BCUT2D eigenvalue weighted by atomic mass is 16.7. The van der Waals surface area contributed by atoms with Crippen LogP contribution in [0.1, 0.15) is 63.2 Å². The minimum atomic E-state index is -1.69. The topological polar surface area (TPSA) is 200 Å². The Hall–Kier alpha value is -3.39. The quantitative estimate of drug-likeness (QED) is 0.172. The zero-order valence-corrected chi connectivity index (χ0v) is 20.6. The van der Waals surface area contributed by atoms with Crippen molar-refractivity contribution in [2.75, 3.05) is 6.61 Å². The van der Waals surface area contributed by atoms with Crippen LogP contribution in [0.25, 0.3) is 0 Å². The van der Waals surface area contributed by atoms with Crippen LogP contribution in [-0.2, 0) is 22.6 Å². The first-order valence-corrected chi connectivity index (χ1v) is 11.9. The van der Waals surface area contributed by atoms with Crippen molar-refractivity contribution in [2.45, 2.75) is 64.0 Å². The number of ketones is 2. The maximum Gasteiger partial charge on any atom is 0.308 e. The van der Waals surface area contributed by atoms with Crippen LogP contribution >= 0.6 is 0 Å². The number of rotatable bonds is 7. The lowest BCUT2D eigenvalue weighted by molar-refractivity contribution is -0.268. The zero-order valence-electron chi connectivity index (χ0n) is 20.6. The molecule has 204 valence electrons. The number of hydrogen-bond acceptors (Lipinski definition) is 12. The predicted octanol–water partition coefficient (Wildman–Crippen LogP) is -0.284. The van der Waals surface area contributed by atoms with E-state index in [0.29, 0.717) is 0 Å². The fraction of sp³-hybridized carbons (Fsp3) is 0.423. The lowest BCUT2D eigenvalue weighted by Gasteiger charge is -2.39. The van der Waals surface area contributed by atoms with Crippen LogP contribution in [0.3, 0.4) is 0 Å². The Bertz CT molecular complexity index is 1290. The zero-order chi connectivity index (χ0) is 27.9. The molecule has 2 aliphatic rings. The van der Waals surface area contributed by atoms with Crippen molar-refractivity contribution in [3.63, 3.8) is 0 Å². The number of aliphatic hydroxyl groups is 5. The third-order valence-corrected chi connectivity index (χ3v) is 6.57. The van der Waals surface area contributed by atoms with Crippen molar-refractivity contribution in [2.24, 2.45) is 0 Å². The van der Waals surface area contributed by atoms with Crippen LogP contribution in [0.5, 0.6) is 17.2 Å². The van der Waals surface area contributed by atoms with Gasteiger partial charge in [-0.2, -0.15) is 0 Å². The molecule has 1 saturated heterocycles. The Balaban J connectivity index is 1.85. The Morgan fingerprint density at radius 3 is 2.29 bits per heavy atom. The monoisotopic (exact) mass is 532 g/mol. The molecule has 5 atom stereocenters. The van der Waals surface area contributed by atoms with Crippen LogP contribution in [0.2, 0.25) is 0 Å². The van der Waals surface area contributed by atoms with Crippen LogP contribution in [0.15, 0.2) is 18.2 Å². The van der Waals surface area contributed by atoms with Gasteiger partial charge in [-0.05, 0) is 43.5 Å². The molecule has 2 aromatic rings. The lowest BCUT2D eigenvalue weighted by atomic mass is 9.80. The highest BCUT2D eigenvalue weighted by molar-refractivity contribution is 6.30. The van der Waals surface area contributed by atoms with E-state index < -0.39 is 60.6 Å². The van der Waals surface area contributed by atoms with E-state index in [1.165, 1.54) is 25.1 Å². The maximum absolute atomic E-state index is 13.6. The van der Waals surface area contributed by atoms with Crippen LogP contribution in [0.4, 0.5) is 0 Å². The largest absolute Gasteiger partial charge is 0.507 e. The van der Waals surface area contributed by atoms with E-state index in [-0.39, 0.29) is 64.3 Å². The summed E-state index contributed by atoms with van der Waals surface area (Å²) in [7, 11) is 0. The predicted molar refractivity (Wildman–Crippen MR) is 127 cm³/mol.